The van der Waals surface area contributed by atoms with Crippen molar-refractivity contribution >= 4 is 40.9 Å². The van der Waals surface area contributed by atoms with Crippen LogP contribution in [-0.2, 0) is 24.4 Å². The molecule has 10 heteroatoms. The van der Waals surface area contributed by atoms with Gasteiger partial charge in [0.15, 0.2) is 5.82 Å². The van der Waals surface area contributed by atoms with Gasteiger partial charge in [-0.05, 0) is 66.0 Å². The lowest BCUT2D eigenvalue weighted by Crippen LogP contribution is -2.22. The summed E-state index contributed by atoms with van der Waals surface area (Å²) in [6.07, 6.45) is 7.20. The lowest BCUT2D eigenvalue weighted by molar-refractivity contribution is 0.0888. The number of pyridine rings is 1. The van der Waals surface area contributed by atoms with Gasteiger partial charge in [-0.1, -0.05) is 39.1 Å². The fourth-order valence-corrected chi connectivity index (χ4v) is 5.86. The highest BCUT2D eigenvalue weighted by Gasteiger charge is 2.22. The Kier molecular flexibility index (Phi) is 9.60. The second-order valence-corrected chi connectivity index (χ2v) is 17.5. The molecule has 0 radical (unpaired) electrons. The van der Waals surface area contributed by atoms with Crippen LogP contribution in [0.3, 0.4) is 0 Å². The number of rotatable bonds is 13. The van der Waals surface area contributed by atoms with E-state index in [0.717, 1.165) is 64.5 Å². The lowest BCUT2D eigenvalue weighted by atomic mass is 10.1. The Labute approximate surface area is 230 Å². The minimum atomic E-state index is -1.18. The van der Waals surface area contributed by atoms with Crippen LogP contribution in [-0.4, -0.2) is 58.8 Å². The summed E-state index contributed by atoms with van der Waals surface area (Å²) in [6, 6.07) is 5.74. The Hall–Kier alpha value is -2.01. The van der Waals surface area contributed by atoms with Crippen LogP contribution in [0.25, 0.3) is 11.0 Å². The van der Waals surface area contributed by atoms with Gasteiger partial charge in [-0.3, -0.25) is 9.88 Å². The molecule has 4 heterocycles. The highest BCUT2D eigenvalue weighted by Crippen LogP contribution is 2.35. The summed E-state index contributed by atoms with van der Waals surface area (Å²) in [7, 11) is -1.18. The third-order valence-electron chi connectivity index (χ3n) is 6.73. The SMILES string of the molecule is CCCCOc1nc(N)c2c(n1)c(Cc1ccc(CN3CCCC3)nc1)c(Br)n2COCC[Si](C)(C)C. The predicted octanol–water partition coefficient (Wildman–Crippen LogP) is 5.85. The molecule has 0 atom stereocenters. The maximum atomic E-state index is 6.47. The first-order chi connectivity index (χ1) is 17.7. The number of fused-ring (bicyclic) bond motifs is 1. The number of nitrogen functional groups attached to an aromatic ring is 1. The Bertz CT molecular complexity index is 1170. The number of aromatic nitrogens is 4. The number of ether oxygens (including phenoxy) is 2. The van der Waals surface area contributed by atoms with Gasteiger partial charge in [0.25, 0.3) is 0 Å². The molecule has 0 aliphatic carbocycles. The molecule has 202 valence electrons. The van der Waals surface area contributed by atoms with Crippen LogP contribution < -0.4 is 10.5 Å². The highest BCUT2D eigenvalue weighted by molar-refractivity contribution is 9.10. The molecular formula is C27H41BrN6O2Si. The van der Waals surface area contributed by atoms with Gasteiger partial charge in [-0.15, -0.1) is 0 Å². The third-order valence-corrected chi connectivity index (χ3v) is 9.34. The summed E-state index contributed by atoms with van der Waals surface area (Å²) in [5, 5.41) is 0. The Morgan fingerprint density at radius 3 is 2.57 bits per heavy atom. The molecule has 0 aromatic carbocycles. The molecule has 1 saturated heterocycles. The number of hydrogen-bond acceptors (Lipinski definition) is 7. The minimum Gasteiger partial charge on any atom is -0.463 e. The van der Waals surface area contributed by atoms with E-state index in [2.05, 4.69) is 64.5 Å². The highest BCUT2D eigenvalue weighted by atomic mass is 79.9. The van der Waals surface area contributed by atoms with Crippen molar-refractivity contribution in [1.29, 1.82) is 0 Å². The molecule has 8 nitrogen and oxygen atoms in total. The van der Waals surface area contributed by atoms with Crippen LogP contribution >= 0.6 is 15.9 Å². The molecule has 1 fully saturated rings. The summed E-state index contributed by atoms with van der Waals surface area (Å²) in [6.45, 7) is 14.1. The quantitative estimate of drug-likeness (QED) is 0.198. The van der Waals surface area contributed by atoms with Crippen LogP contribution in [0.15, 0.2) is 22.9 Å². The molecule has 0 spiro atoms. The van der Waals surface area contributed by atoms with E-state index < -0.39 is 8.07 Å². The first kappa shape index (κ1) is 28.0. The van der Waals surface area contributed by atoms with E-state index in [9.17, 15) is 0 Å². The molecule has 0 amide bonds. The fourth-order valence-electron chi connectivity index (χ4n) is 4.50. The van der Waals surface area contributed by atoms with Gasteiger partial charge in [0.2, 0.25) is 0 Å². The number of nitrogens with zero attached hydrogens (tertiary/aromatic N) is 5. The Balaban J connectivity index is 1.60. The summed E-state index contributed by atoms with van der Waals surface area (Å²) < 4.78 is 14.9. The zero-order valence-corrected chi connectivity index (χ0v) is 25.3. The summed E-state index contributed by atoms with van der Waals surface area (Å²) in [4.78, 5) is 16.5. The first-order valence-electron chi connectivity index (χ1n) is 13.5. The van der Waals surface area contributed by atoms with Crippen LogP contribution in [0.2, 0.25) is 25.7 Å². The van der Waals surface area contributed by atoms with Crippen LogP contribution in [0.1, 0.15) is 49.4 Å². The van der Waals surface area contributed by atoms with Crippen molar-refractivity contribution < 1.29 is 9.47 Å². The largest absolute Gasteiger partial charge is 0.463 e. The van der Waals surface area contributed by atoms with Gasteiger partial charge in [-0.2, -0.15) is 9.97 Å². The van der Waals surface area contributed by atoms with Crippen LogP contribution in [0.5, 0.6) is 6.01 Å². The molecule has 37 heavy (non-hydrogen) atoms. The molecule has 0 bridgehead atoms. The number of likely N-dealkylation sites (tertiary alicyclic amines) is 1. The van der Waals surface area contributed by atoms with E-state index in [1.807, 2.05) is 10.8 Å². The third kappa shape index (κ3) is 7.52. The average Bonchev–Trinajstić information content (AvgIpc) is 3.45. The van der Waals surface area contributed by atoms with Gasteiger partial charge in [-0.25, -0.2) is 0 Å². The van der Waals surface area contributed by atoms with Gasteiger partial charge in [0.05, 0.1) is 16.9 Å². The zero-order valence-electron chi connectivity index (χ0n) is 22.7. The van der Waals surface area contributed by atoms with E-state index in [1.54, 1.807) is 0 Å². The van der Waals surface area contributed by atoms with Gasteiger partial charge in [0.1, 0.15) is 17.8 Å². The lowest BCUT2D eigenvalue weighted by Gasteiger charge is -2.16. The number of unbranched alkanes of at least 4 members (excludes halogenated alkanes) is 1. The second-order valence-electron chi connectivity index (χ2n) is 11.2. The molecular weight excluding hydrogens is 548 g/mol. The summed E-state index contributed by atoms with van der Waals surface area (Å²) >= 11 is 3.84. The maximum Gasteiger partial charge on any atom is 0.319 e. The average molecular weight is 590 g/mol. The van der Waals surface area contributed by atoms with Crippen molar-refractivity contribution in [2.24, 2.45) is 0 Å². The van der Waals surface area contributed by atoms with E-state index in [4.69, 9.17) is 25.2 Å². The van der Waals surface area contributed by atoms with E-state index in [0.29, 0.717) is 31.6 Å². The van der Waals surface area contributed by atoms with Crippen LogP contribution in [0.4, 0.5) is 5.82 Å². The Morgan fingerprint density at radius 2 is 1.89 bits per heavy atom. The van der Waals surface area contributed by atoms with Crippen molar-refractivity contribution in [1.82, 2.24) is 24.4 Å². The second kappa shape index (κ2) is 12.7. The topological polar surface area (TPSA) is 91.3 Å². The van der Waals surface area contributed by atoms with Gasteiger partial charge < -0.3 is 19.8 Å². The predicted molar refractivity (Wildman–Crippen MR) is 156 cm³/mol. The molecule has 3 aromatic rings. The number of hydrogen-bond donors (Lipinski definition) is 1. The Morgan fingerprint density at radius 1 is 1.11 bits per heavy atom. The van der Waals surface area contributed by atoms with Crippen molar-refractivity contribution in [2.45, 2.75) is 78.0 Å². The molecule has 0 unspecified atom stereocenters. The van der Waals surface area contributed by atoms with E-state index >= 15 is 0 Å². The summed E-state index contributed by atoms with van der Waals surface area (Å²) in [5.41, 5.74) is 11.3. The standard InChI is InChI=1S/C27H41BrN6O2Si/c1-5-6-13-36-27-31-23-22(16-20-9-10-21(30-17-20)18-33-11-7-8-12-33)25(28)34(24(23)26(29)32-27)19-35-14-15-37(2,3)4/h9-10,17H,5-8,11-16,18-19H2,1-4H3,(H2,29,31,32). The summed E-state index contributed by atoms with van der Waals surface area (Å²) in [5.74, 6) is 0.399. The van der Waals surface area contributed by atoms with Crippen LogP contribution in [0, 0.1) is 0 Å². The molecule has 0 saturated carbocycles. The molecule has 3 aromatic heterocycles. The number of halogens is 1. The molecule has 2 N–H and O–H groups in total. The molecule has 4 rings (SSSR count). The molecule has 1 aliphatic rings. The van der Waals surface area contributed by atoms with Gasteiger partial charge in [0, 0.05) is 39.4 Å². The monoisotopic (exact) mass is 588 g/mol. The van der Waals surface area contributed by atoms with E-state index in [-0.39, 0.29) is 0 Å². The van der Waals surface area contributed by atoms with Crippen molar-refractivity contribution in [3.63, 3.8) is 0 Å². The molecule has 1 aliphatic heterocycles. The van der Waals surface area contributed by atoms with Crippen molar-refractivity contribution in [2.75, 3.05) is 32.0 Å². The normalized spacial score (nSPS) is 14.6. The van der Waals surface area contributed by atoms with Gasteiger partial charge >= 0.3 is 6.01 Å². The maximum absolute atomic E-state index is 6.47. The van der Waals surface area contributed by atoms with Crippen molar-refractivity contribution in [3.05, 3.63) is 39.8 Å². The minimum absolute atomic E-state index is 0.322. The number of nitrogens with two attached hydrogens (primary N) is 1. The van der Waals surface area contributed by atoms with E-state index in [1.165, 1.54) is 25.9 Å². The number of anilines is 1. The first-order valence-corrected chi connectivity index (χ1v) is 18.0. The smallest absolute Gasteiger partial charge is 0.319 e. The zero-order chi connectivity index (χ0) is 26.4. The fraction of sp³-hybridized carbons (Fsp3) is 0.593. The van der Waals surface area contributed by atoms with Crippen molar-refractivity contribution in [3.8, 4) is 6.01 Å².